The van der Waals surface area contributed by atoms with Gasteiger partial charge in [-0.05, 0) is 17.7 Å². The van der Waals surface area contributed by atoms with Crippen molar-refractivity contribution < 1.29 is 0 Å². The maximum atomic E-state index is 8.17. The van der Waals surface area contributed by atoms with Gasteiger partial charge in [0, 0.05) is 23.0 Å². The van der Waals surface area contributed by atoms with Crippen molar-refractivity contribution in [2.24, 2.45) is 5.11 Å². The maximum Gasteiger partial charge on any atom is 0.136 e. The Morgan fingerprint density at radius 3 is 3.31 bits per heavy atom. The van der Waals surface area contributed by atoms with E-state index in [1.807, 2.05) is 28.8 Å². The van der Waals surface area contributed by atoms with Gasteiger partial charge in [-0.25, -0.2) is 4.98 Å². The molecule has 5 heteroatoms. The number of aromatic nitrogens is 2. The molecule has 0 unspecified atom stereocenters. The molecule has 0 spiro atoms. The Labute approximate surface area is 74.3 Å². The molecule has 0 atom stereocenters. The van der Waals surface area contributed by atoms with Gasteiger partial charge >= 0.3 is 0 Å². The monoisotopic (exact) mass is 173 g/mol. The zero-order valence-corrected chi connectivity index (χ0v) is 6.83. The lowest BCUT2D eigenvalue weighted by molar-refractivity contribution is 0.948. The zero-order valence-electron chi connectivity index (χ0n) is 6.83. The van der Waals surface area contributed by atoms with Gasteiger partial charge in [0.1, 0.15) is 5.65 Å². The predicted molar refractivity (Wildman–Crippen MR) is 48.0 cm³/mol. The number of hydrogen-bond acceptors (Lipinski definition) is 2. The third-order valence-corrected chi connectivity index (χ3v) is 1.79. The minimum absolute atomic E-state index is 0.335. The molecule has 0 saturated carbocycles. The van der Waals surface area contributed by atoms with Crippen molar-refractivity contribution in [2.75, 3.05) is 0 Å². The summed E-state index contributed by atoms with van der Waals surface area (Å²) in [6.07, 6.45) is 3.61. The lowest BCUT2D eigenvalue weighted by Crippen LogP contribution is -1.88. The maximum absolute atomic E-state index is 8.17. The smallest absolute Gasteiger partial charge is 0.136 e. The highest BCUT2D eigenvalue weighted by Crippen LogP contribution is 2.06. The Morgan fingerprint density at radius 1 is 1.54 bits per heavy atom. The van der Waals surface area contributed by atoms with Gasteiger partial charge in [-0.2, -0.15) is 0 Å². The molecule has 2 aromatic heterocycles. The highest BCUT2D eigenvalue weighted by molar-refractivity contribution is 5.39. The molecule has 64 valence electrons. The van der Waals surface area contributed by atoms with Crippen LogP contribution < -0.4 is 0 Å². The number of azide groups is 1. The molecule has 0 N–H and O–H groups in total. The van der Waals surface area contributed by atoms with Crippen LogP contribution in [0.2, 0.25) is 0 Å². The van der Waals surface area contributed by atoms with Gasteiger partial charge in [-0.1, -0.05) is 11.2 Å². The highest BCUT2D eigenvalue weighted by atomic mass is 15.1. The normalized spacial score (nSPS) is 9.85. The predicted octanol–water partition coefficient (Wildman–Crippen LogP) is 2.14. The molecule has 0 aliphatic heterocycles. The number of hydrogen-bond donors (Lipinski definition) is 0. The van der Waals surface area contributed by atoms with Gasteiger partial charge < -0.3 is 4.40 Å². The van der Waals surface area contributed by atoms with Crippen LogP contribution in [0.4, 0.5) is 0 Å². The molecule has 2 heterocycles. The van der Waals surface area contributed by atoms with Crippen LogP contribution in [0.1, 0.15) is 5.69 Å². The van der Waals surface area contributed by atoms with E-state index in [1.54, 1.807) is 6.20 Å². The Bertz CT molecular complexity index is 466. The minimum Gasteiger partial charge on any atom is -0.304 e. The van der Waals surface area contributed by atoms with E-state index in [-0.39, 0.29) is 0 Å². The van der Waals surface area contributed by atoms with Crippen LogP contribution in [0.5, 0.6) is 0 Å². The van der Waals surface area contributed by atoms with Crippen LogP contribution >= 0.6 is 0 Å². The van der Waals surface area contributed by atoms with Gasteiger partial charge in [0.15, 0.2) is 0 Å². The van der Waals surface area contributed by atoms with Crippen molar-refractivity contribution >= 4 is 5.65 Å². The van der Waals surface area contributed by atoms with Crippen molar-refractivity contribution in [3.63, 3.8) is 0 Å². The first-order valence-electron chi connectivity index (χ1n) is 3.83. The minimum atomic E-state index is 0.335. The molecule has 0 radical (unpaired) electrons. The van der Waals surface area contributed by atoms with E-state index in [4.69, 9.17) is 5.53 Å². The first-order chi connectivity index (χ1) is 6.42. The second kappa shape index (κ2) is 3.16. The molecule has 0 saturated heterocycles. The van der Waals surface area contributed by atoms with Crippen LogP contribution in [0.15, 0.2) is 35.7 Å². The van der Waals surface area contributed by atoms with Crippen molar-refractivity contribution in [1.82, 2.24) is 9.38 Å². The second-order valence-corrected chi connectivity index (χ2v) is 2.57. The van der Waals surface area contributed by atoms with E-state index in [2.05, 4.69) is 15.0 Å². The fourth-order valence-corrected chi connectivity index (χ4v) is 1.21. The summed E-state index contributed by atoms with van der Waals surface area (Å²) in [6.45, 7) is 0.335. The molecule has 0 aromatic carbocycles. The Balaban J connectivity index is 2.51. The van der Waals surface area contributed by atoms with Gasteiger partial charge in [0.25, 0.3) is 0 Å². The Hall–Kier alpha value is -2.00. The lowest BCUT2D eigenvalue weighted by Gasteiger charge is -1.95. The van der Waals surface area contributed by atoms with Crippen molar-refractivity contribution in [3.8, 4) is 0 Å². The van der Waals surface area contributed by atoms with E-state index in [1.165, 1.54) is 0 Å². The first kappa shape index (κ1) is 7.64. The Kier molecular flexibility index (Phi) is 1.86. The molecule has 0 amide bonds. The van der Waals surface area contributed by atoms with Gasteiger partial charge in [-0.15, -0.1) is 0 Å². The summed E-state index contributed by atoms with van der Waals surface area (Å²) in [5.41, 5.74) is 9.93. The summed E-state index contributed by atoms with van der Waals surface area (Å²) in [5.74, 6) is 0. The number of fused-ring (bicyclic) bond motifs is 1. The van der Waals surface area contributed by atoms with Crippen LogP contribution in [0.3, 0.4) is 0 Å². The Morgan fingerprint density at radius 2 is 2.46 bits per heavy atom. The third-order valence-electron chi connectivity index (χ3n) is 1.79. The number of nitrogens with zero attached hydrogens (tertiary/aromatic N) is 5. The summed E-state index contributed by atoms with van der Waals surface area (Å²) in [4.78, 5) is 6.85. The molecule has 2 rings (SSSR count). The average Bonchev–Trinajstić information content (AvgIpc) is 2.58. The largest absolute Gasteiger partial charge is 0.304 e. The summed E-state index contributed by atoms with van der Waals surface area (Å²) >= 11 is 0. The highest BCUT2D eigenvalue weighted by Gasteiger charge is 1.99. The molecule has 2 aromatic rings. The van der Waals surface area contributed by atoms with Gasteiger partial charge in [0.2, 0.25) is 0 Å². The summed E-state index contributed by atoms with van der Waals surface area (Å²) in [6, 6.07) is 5.73. The number of pyridine rings is 1. The summed E-state index contributed by atoms with van der Waals surface area (Å²) in [5, 5.41) is 3.48. The first-order valence-corrected chi connectivity index (χ1v) is 3.83. The van der Waals surface area contributed by atoms with E-state index < -0.39 is 0 Å². The summed E-state index contributed by atoms with van der Waals surface area (Å²) < 4.78 is 1.90. The fraction of sp³-hybridized carbons (Fsp3) is 0.125. The van der Waals surface area contributed by atoms with Crippen molar-refractivity contribution in [1.29, 1.82) is 0 Å². The zero-order chi connectivity index (χ0) is 9.10. The molecule has 0 bridgehead atoms. The summed E-state index contributed by atoms with van der Waals surface area (Å²) in [7, 11) is 0. The molecule has 5 nitrogen and oxygen atoms in total. The molecular formula is C8H7N5. The SMILES string of the molecule is [N-]=[N+]=NCc1cnc2ccccn12. The third kappa shape index (κ3) is 1.32. The molecular weight excluding hydrogens is 166 g/mol. The quantitative estimate of drug-likeness (QED) is 0.389. The number of rotatable bonds is 2. The lowest BCUT2D eigenvalue weighted by atomic mass is 10.4. The van der Waals surface area contributed by atoms with Crippen molar-refractivity contribution in [3.05, 3.63) is 46.7 Å². The molecule has 13 heavy (non-hydrogen) atoms. The molecule has 0 fully saturated rings. The van der Waals surface area contributed by atoms with Crippen LogP contribution in [-0.2, 0) is 6.54 Å². The fourth-order valence-electron chi connectivity index (χ4n) is 1.21. The molecule has 0 aliphatic rings. The molecule has 0 aliphatic carbocycles. The number of imidazole rings is 1. The van der Waals surface area contributed by atoms with Crippen LogP contribution in [-0.4, -0.2) is 9.38 Å². The van der Waals surface area contributed by atoms with Crippen molar-refractivity contribution in [2.45, 2.75) is 6.54 Å². The average molecular weight is 173 g/mol. The van der Waals surface area contributed by atoms with E-state index in [0.717, 1.165) is 11.3 Å². The standard InChI is InChI=1S/C8H7N5/c9-12-11-6-7-5-10-8-3-1-2-4-13(7)8/h1-5H,6H2. The van der Waals surface area contributed by atoms with Crippen LogP contribution in [0, 0.1) is 0 Å². The topological polar surface area (TPSA) is 66.1 Å². The van der Waals surface area contributed by atoms with E-state index >= 15 is 0 Å². The second-order valence-electron chi connectivity index (χ2n) is 2.57. The van der Waals surface area contributed by atoms with E-state index in [9.17, 15) is 0 Å². The van der Waals surface area contributed by atoms with E-state index in [0.29, 0.717) is 6.54 Å². The van der Waals surface area contributed by atoms with Gasteiger partial charge in [0.05, 0.1) is 6.54 Å². The van der Waals surface area contributed by atoms with Gasteiger partial charge in [-0.3, -0.25) is 0 Å². The van der Waals surface area contributed by atoms with Crippen LogP contribution in [0.25, 0.3) is 16.1 Å².